The van der Waals surface area contributed by atoms with Crippen molar-refractivity contribution in [3.63, 3.8) is 0 Å². The molecule has 0 bridgehead atoms. The Morgan fingerprint density at radius 3 is 2.90 bits per heavy atom. The molecule has 0 spiro atoms. The van der Waals surface area contributed by atoms with Gasteiger partial charge < -0.3 is 9.67 Å². The summed E-state index contributed by atoms with van der Waals surface area (Å²) in [6.45, 7) is 0.234. The lowest BCUT2D eigenvalue weighted by molar-refractivity contribution is 0.305. The predicted molar refractivity (Wildman–Crippen MR) is 77.9 cm³/mol. The van der Waals surface area contributed by atoms with Gasteiger partial charge in [-0.15, -0.1) is 11.3 Å². The average Bonchev–Trinajstić information content (AvgIpc) is 2.87. The molecule has 0 atom stereocenters. The van der Waals surface area contributed by atoms with Crippen molar-refractivity contribution in [3.05, 3.63) is 55.0 Å². The van der Waals surface area contributed by atoms with Crippen molar-refractivity contribution < 1.29 is 5.11 Å². The first kappa shape index (κ1) is 14.3. The van der Waals surface area contributed by atoms with Gasteiger partial charge in [-0.25, -0.2) is 4.79 Å². The number of hydrogen-bond acceptors (Lipinski definition) is 4. The lowest BCUT2D eigenvalue weighted by atomic mass is 10.2. The van der Waals surface area contributed by atoms with Gasteiger partial charge in [0, 0.05) is 36.2 Å². The van der Waals surface area contributed by atoms with E-state index in [1.54, 1.807) is 7.05 Å². The highest BCUT2D eigenvalue weighted by molar-refractivity contribution is 7.10. The quantitative estimate of drug-likeness (QED) is 0.832. The lowest BCUT2D eigenvalue weighted by Crippen LogP contribution is -2.38. The molecule has 1 N–H and O–H groups in total. The number of aliphatic hydroxyl groups excluding tert-OH is 1. The third kappa shape index (κ3) is 3.07. The smallest absolute Gasteiger partial charge is 0.331 e. The summed E-state index contributed by atoms with van der Waals surface area (Å²) < 4.78 is 2.55. The van der Waals surface area contributed by atoms with Crippen molar-refractivity contribution in [1.82, 2.24) is 9.13 Å². The number of thiophene rings is 1. The summed E-state index contributed by atoms with van der Waals surface area (Å²) in [5.41, 5.74) is 0.122. The Bertz CT molecular complexity index is 774. The van der Waals surface area contributed by atoms with Gasteiger partial charge >= 0.3 is 5.69 Å². The molecule has 0 saturated heterocycles. The van der Waals surface area contributed by atoms with Crippen LogP contribution in [0.5, 0.6) is 0 Å². The first-order valence-corrected chi connectivity index (χ1v) is 6.94. The Balaban J connectivity index is 2.36. The molecule has 0 amide bonds. The Hall–Kier alpha value is -2.10. The largest absolute Gasteiger partial charge is 0.395 e. The average molecular weight is 290 g/mol. The van der Waals surface area contributed by atoms with Crippen molar-refractivity contribution in [2.45, 2.75) is 13.0 Å². The second kappa shape index (κ2) is 6.37. The minimum absolute atomic E-state index is 0.0190. The minimum Gasteiger partial charge on any atom is -0.395 e. The van der Waals surface area contributed by atoms with E-state index in [2.05, 4.69) is 11.8 Å². The molecule has 6 heteroatoms. The molecule has 0 unspecified atom stereocenters. The van der Waals surface area contributed by atoms with Crippen molar-refractivity contribution in [1.29, 1.82) is 0 Å². The maximum atomic E-state index is 11.9. The van der Waals surface area contributed by atoms with E-state index in [0.29, 0.717) is 6.42 Å². The summed E-state index contributed by atoms with van der Waals surface area (Å²) in [6, 6.07) is 3.22. The third-order valence-corrected chi connectivity index (χ3v) is 3.65. The second-order valence-corrected chi connectivity index (χ2v) is 5.17. The van der Waals surface area contributed by atoms with Crippen LogP contribution in [0, 0.1) is 11.8 Å². The zero-order valence-electron chi connectivity index (χ0n) is 11.0. The van der Waals surface area contributed by atoms with Crippen LogP contribution in [0.15, 0.2) is 33.3 Å². The highest BCUT2D eigenvalue weighted by Crippen LogP contribution is 2.16. The van der Waals surface area contributed by atoms with Crippen molar-refractivity contribution in [2.75, 3.05) is 6.61 Å². The maximum absolute atomic E-state index is 11.9. The Morgan fingerprint density at radius 1 is 1.35 bits per heavy atom. The topological polar surface area (TPSA) is 64.2 Å². The van der Waals surface area contributed by atoms with Gasteiger partial charge in [0.25, 0.3) is 5.56 Å². The van der Waals surface area contributed by atoms with E-state index in [-0.39, 0.29) is 24.4 Å². The Kier molecular flexibility index (Phi) is 4.56. The Morgan fingerprint density at radius 2 is 2.15 bits per heavy atom. The second-order valence-electron chi connectivity index (χ2n) is 4.17. The summed E-state index contributed by atoms with van der Waals surface area (Å²) in [5.74, 6) is 5.78. The van der Waals surface area contributed by atoms with E-state index < -0.39 is 0 Å². The van der Waals surface area contributed by atoms with Crippen LogP contribution in [0.3, 0.4) is 0 Å². The normalized spacial score (nSPS) is 10.1. The highest BCUT2D eigenvalue weighted by atomic mass is 32.1. The molecule has 0 aliphatic carbocycles. The fourth-order valence-corrected chi connectivity index (χ4v) is 2.51. The summed E-state index contributed by atoms with van der Waals surface area (Å²) >= 11 is 1.45. The van der Waals surface area contributed by atoms with Crippen LogP contribution in [0.4, 0.5) is 0 Å². The standard InChI is InChI=1S/C14H14N2O3S/c1-15-7-5-13(18)16(14(15)19)10-12-11(6-9-20-12)4-2-3-8-17/h5-7,9,17H,3,8,10H2,1H3. The molecule has 2 rings (SSSR count). The van der Waals surface area contributed by atoms with Crippen LogP contribution in [-0.4, -0.2) is 20.8 Å². The predicted octanol–water partition coefficient (Wildman–Crippen LogP) is 0.391. The lowest BCUT2D eigenvalue weighted by Gasteiger charge is -2.05. The summed E-state index contributed by atoms with van der Waals surface area (Å²) in [5, 5.41) is 10.6. The molecule has 2 heterocycles. The minimum atomic E-state index is -0.347. The molecule has 2 aromatic heterocycles. The van der Waals surface area contributed by atoms with Crippen LogP contribution in [0.2, 0.25) is 0 Å². The first-order valence-electron chi connectivity index (χ1n) is 6.06. The van der Waals surface area contributed by atoms with Crippen LogP contribution in [0.25, 0.3) is 0 Å². The molecule has 20 heavy (non-hydrogen) atoms. The maximum Gasteiger partial charge on any atom is 0.331 e. The van der Waals surface area contributed by atoms with Gasteiger partial charge in [-0.2, -0.15) is 0 Å². The molecule has 0 radical (unpaired) electrons. The first-order chi connectivity index (χ1) is 9.63. The van der Waals surface area contributed by atoms with E-state index in [1.807, 2.05) is 11.4 Å². The van der Waals surface area contributed by atoms with E-state index in [9.17, 15) is 9.59 Å². The zero-order valence-corrected chi connectivity index (χ0v) is 11.8. The molecule has 0 saturated carbocycles. The molecule has 5 nitrogen and oxygen atoms in total. The highest BCUT2D eigenvalue weighted by Gasteiger charge is 2.08. The van der Waals surface area contributed by atoms with Crippen LogP contribution < -0.4 is 11.2 Å². The van der Waals surface area contributed by atoms with Gasteiger partial charge in [-0.1, -0.05) is 11.8 Å². The van der Waals surface area contributed by atoms with Crippen LogP contribution in [0.1, 0.15) is 16.9 Å². The number of aryl methyl sites for hydroxylation is 1. The number of aromatic nitrogens is 2. The summed E-state index contributed by atoms with van der Waals surface area (Å²) in [6.07, 6.45) is 1.86. The number of aliphatic hydroxyl groups is 1. The van der Waals surface area contributed by atoms with Gasteiger partial charge in [0.15, 0.2) is 0 Å². The van der Waals surface area contributed by atoms with E-state index in [0.717, 1.165) is 10.4 Å². The monoisotopic (exact) mass is 290 g/mol. The molecule has 104 valence electrons. The zero-order chi connectivity index (χ0) is 14.5. The fraction of sp³-hybridized carbons (Fsp3) is 0.286. The third-order valence-electron chi connectivity index (χ3n) is 2.75. The van der Waals surface area contributed by atoms with Crippen molar-refractivity contribution in [2.24, 2.45) is 7.05 Å². The van der Waals surface area contributed by atoms with Gasteiger partial charge in [0.05, 0.1) is 13.2 Å². The summed E-state index contributed by atoms with van der Waals surface area (Å²) in [7, 11) is 1.61. The van der Waals surface area contributed by atoms with Crippen molar-refractivity contribution in [3.8, 4) is 11.8 Å². The SMILES string of the molecule is Cn1ccc(=O)n(Cc2sccc2C#CCCO)c1=O. The van der Waals surface area contributed by atoms with Gasteiger partial charge in [-0.05, 0) is 11.4 Å². The van der Waals surface area contributed by atoms with Gasteiger partial charge in [-0.3, -0.25) is 9.36 Å². The van der Waals surface area contributed by atoms with E-state index in [1.165, 1.54) is 32.7 Å². The van der Waals surface area contributed by atoms with Gasteiger partial charge in [0.2, 0.25) is 0 Å². The van der Waals surface area contributed by atoms with Crippen molar-refractivity contribution >= 4 is 11.3 Å². The van der Waals surface area contributed by atoms with Crippen LogP contribution >= 0.6 is 11.3 Å². The molecular weight excluding hydrogens is 276 g/mol. The molecule has 0 aliphatic heterocycles. The molecular formula is C14H14N2O3S. The number of hydrogen-bond donors (Lipinski definition) is 1. The molecule has 2 aromatic rings. The number of rotatable bonds is 3. The fourth-order valence-electron chi connectivity index (χ4n) is 1.69. The van der Waals surface area contributed by atoms with E-state index in [4.69, 9.17) is 5.11 Å². The number of nitrogens with zero attached hydrogens (tertiary/aromatic N) is 2. The summed E-state index contributed by atoms with van der Waals surface area (Å²) in [4.78, 5) is 24.6. The van der Waals surface area contributed by atoms with E-state index >= 15 is 0 Å². The van der Waals surface area contributed by atoms with Gasteiger partial charge in [0.1, 0.15) is 0 Å². The molecule has 0 aromatic carbocycles. The van der Waals surface area contributed by atoms with Crippen LogP contribution in [-0.2, 0) is 13.6 Å². The molecule has 0 fully saturated rings. The Labute approximate surface area is 119 Å². The molecule has 0 aliphatic rings.